The summed E-state index contributed by atoms with van der Waals surface area (Å²) >= 11 is 0. The molecule has 1 saturated carbocycles. The van der Waals surface area contributed by atoms with Gasteiger partial charge in [-0.2, -0.15) is 0 Å². The lowest BCUT2D eigenvalue weighted by molar-refractivity contribution is -0.757. The number of benzene rings is 1. The van der Waals surface area contributed by atoms with Gasteiger partial charge in [-0.1, -0.05) is 36.8 Å². The number of rotatable bonds is 15. The van der Waals surface area contributed by atoms with Crippen molar-refractivity contribution in [2.75, 3.05) is 26.2 Å². The molecule has 0 aromatic heterocycles. The van der Waals surface area contributed by atoms with Crippen molar-refractivity contribution in [1.29, 1.82) is 0 Å². The van der Waals surface area contributed by atoms with E-state index in [9.17, 15) is 24.5 Å². The Morgan fingerprint density at radius 3 is 2.40 bits per heavy atom. The molecule has 1 aliphatic carbocycles. The highest BCUT2D eigenvalue weighted by atomic mass is 16.9. The minimum Gasteiger partial charge on any atom is -0.425 e. The molecule has 0 radical (unpaired) electrons. The van der Waals surface area contributed by atoms with E-state index in [-0.39, 0.29) is 43.2 Å². The van der Waals surface area contributed by atoms with Crippen molar-refractivity contribution in [3.8, 4) is 0 Å². The number of ether oxygens (including phenoxy) is 2. The maximum absolute atomic E-state index is 13.0. The summed E-state index contributed by atoms with van der Waals surface area (Å²) in [6, 6.07) is 9.76. The second-order valence-electron chi connectivity index (χ2n) is 8.35. The first kappa shape index (κ1) is 27.9. The van der Waals surface area contributed by atoms with Gasteiger partial charge in [-0.3, -0.25) is 9.59 Å². The van der Waals surface area contributed by atoms with Crippen LogP contribution in [0.3, 0.4) is 0 Å². The molecular formula is C24H35N3O8. The molecule has 11 nitrogen and oxygen atoms in total. The molecule has 2 amide bonds. The minimum atomic E-state index is -1.07. The van der Waals surface area contributed by atoms with Crippen LogP contribution in [0.2, 0.25) is 0 Å². The number of hydrogen-bond acceptors (Lipinski definition) is 8. The van der Waals surface area contributed by atoms with E-state index >= 15 is 0 Å². The van der Waals surface area contributed by atoms with Gasteiger partial charge in [0.25, 0.3) is 5.09 Å². The summed E-state index contributed by atoms with van der Waals surface area (Å²) in [5.41, 5.74) is 1.06. The van der Waals surface area contributed by atoms with Crippen molar-refractivity contribution in [3.05, 3.63) is 46.0 Å². The molecule has 2 unspecified atom stereocenters. The van der Waals surface area contributed by atoms with Gasteiger partial charge in [0, 0.05) is 38.9 Å². The summed E-state index contributed by atoms with van der Waals surface area (Å²) in [6.45, 7) is 6.84. The van der Waals surface area contributed by atoms with E-state index in [2.05, 4.69) is 10.2 Å². The van der Waals surface area contributed by atoms with Gasteiger partial charge in [0.05, 0.1) is 12.5 Å². The molecule has 194 valence electrons. The van der Waals surface area contributed by atoms with Crippen LogP contribution in [0, 0.1) is 22.0 Å². The molecule has 1 aromatic carbocycles. The molecule has 35 heavy (non-hydrogen) atoms. The molecule has 11 heteroatoms. The fourth-order valence-electron chi connectivity index (χ4n) is 4.19. The number of nitrogens with zero attached hydrogens (tertiary/aromatic N) is 2. The summed E-state index contributed by atoms with van der Waals surface area (Å²) < 4.78 is 10.2. The lowest BCUT2D eigenvalue weighted by Gasteiger charge is -2.19. The van der Waals surface area contributed by atoms with Gasteiger partial charge in [0.2, 0.25) is 12.2 Å². The SMILES string of the molecule is CCN(CC)C(=O)[C@@H]1C(c2ccccc2)[C@@H]1CNC(=O)OC(C)OC(=O)CCCCCO[N+](=O)[O-]. The predicted octanol–water partition coefficient (Wildman–Crippen LogP) is 3.27. The second-order valence-corrected chi connectivity index (χ2v) is 8.35. The zero-order valence-electron chi connectivity index (χ0n) is 20.5. The van der Waals surface area contributed by atoms with Crippen LogP contribution in [0.5, 0.6) is 0 Å². The number of alkyl carbamates (subject to hydrolysis) is 1. The molecule has 1 aromatic rings. The van der Waals surface area contributed by atoms with Crippen LogP contribution in [-0.2, 0) is 23.9 Å². The fraction of sp³-hybridized carbons (Fsp3) is 0.625. The van der Waals surface area contributed by atoms with Crippen LogP contribution in [0.1, 0.15) is 57.9 Å². The van der Waals surface area contributed by atoms with Gasteiger partial charge in [-0.25, -0.2) is 4.79 Å². The maximum Gasteiger partial charge on any atom is 0.410 e. The largest absolute Gasteiger partial charge is 0.425 e. The average Bonchev–Trinajstić information content (AvgIpc) is 3.55. The average molecular weight is 494 g/mol. The van der Waals surface area contributed by atoms with Crippen molar-refractivity contribution in [1.82, 2.24) is 10.2 Å². The van der Waals surface area contributed by atoms with Gasteiger partial charge in [-0.15, -0.1) is 10.1 Å². The predicted molar refractivity (Wildman–Crippen MR) is 126 cm³/mol. The van der Waals surface area contributed by atoms with E-state index in [4.69, 9.17) is 9.47 Å². The Balaban J connectivity index is 1.75. The molecule has 2 rings (SSSR count). The third kappa shape index (κ3) is 9.06. The van der Waals surface area contributed by atoms with Crippen molar-refractivity contribution >= 4 is 18.0 Å². The number of amides is 2. The molecule has 1 aliphatic rings. The Hall–Kier alpha value is -3.37. The Kier molecular flexibility index (Phi) is 11.2. The Bertz CT molecular complexity index is 846. The third-order valence-electron chi connectivity index (χ3n) is 5.99. The van der Waals surface area contributed by atoms with E-state index in [0.29, 0.717) is 32.4 Å². The molecule has 0 heterocycles. The molecular weight excluding hydrogens is 458 g/mol. The lowest BCUT2D eigenvalue weighted by Crippen LogP contribution is -2.34. The molecule has 0 bridgehead atoms. The molecule has 1 fully saturated rings. The highest BCUT2D eigenvalue weighted by Gasteiger charge is 2.56. The van der Waals surface area contributed by atoms with Crippen LogP contribution < -0.4 is 5.32 Å². The fourth-order valence-corrected chi connectivity index (χ4v) is 4.19. The Labute approximate surface area is 205 Å². The summed E-state index contributed by atoms with van der Waals surface area (Å²) in [4.78, 5) is 53.1. The number of carbonyl (C=O) groups is 3. The lowest BCUT2D eigenvalue weighted by atomic mass is 10.1. The molecule has 0 spiro atoms. The second kappa shape index (κ2) is 14.1. The number of nitrogens with one attached hydrogen (secondary N) is 1. The van der Waals surface area contributed by atoms with Crippen LogP contribution >= 0.6 is 0 Å². The van der Waals surface area contributed by atoms with Gasteiger partial charge in [-0.05, 0) is 38.2 Å². The smallest absolute Gasteiger partial charge is 0.410 e. The van der Waals surface area contributed by atoms with E-state index in [1.165, 1.54) is 6.92 Å². The zero-order valence-corrected chi connectivity index (χ0v) is 20.5. The topological polar surface area (TPSA) is 137 Å². The summed E-state index contributed by atoms with van der Waals surface area (Å²) in [5.74, 6) is -0.678. The number of carbonyl (C=O) groups excluding carboxylic acids is 3. The molecule has 0 saturated heterocycles. The van der Waals surface area contributed by atoms with E-state index < -0.39 is 23.4 Å². The van der Waals surface area contributed by atoms with Crippen molar-refractivity contribution in [2.24, 2.45) is 11.8 Å². The van der Waals surface area contributed by atoms with Crippen LogP contribution in [0.15, 0.2) is 30.3 Å². The van der Waals surface area contributed by atoms with Crippen LogP contribution in [0.25, 0.3) is 0 Å². The van der Waals surface area contributed by atoms with Crippen LogP contribution in [-0.4, -0.2) is 60.5 Å². The van der Waals surface area contributed by atoms with Crippen LogP contribution in [0.4, 0.5) is 4.79 Å². The maximum atomic E-state index is 13.0. The summed E-state index contributed by atoms with van der Waals surface area (Å²) in [5, 5.41) is 11.9. The van der Waals surface area contributed by atoms with Crippen molar-refractivity contribution < 1.29 is 33.8 Å². The molecule has 4 atom stereocenters. The van der Waals surface area contributed by atoms with E-state index in [1.54, 1.807) is 4.90 Å². The monoisotopic (exact) mass is 493 g/mol. The number of unbranched alkanes of at least 4 members (excludes halogenated alkanes) is 2. The zero-order chi connectivity index (χ0) is 25.8. The van der Waals surface area contributed by atoms with E-state index in [1.807, 2.05) is 44.2 Å². The highest BCUT2D eigenvalue weighted by molar-refractivity contribution is 5.84. The Morgan fingerprint density at radius 1 is 1.09 bits per heavy atom. The van der Waals surface area contributed by atoms with Gasteiger partial charge in [0.15, 0.2) is 0 Å². The van der Waals surface area contributed by atoms with Crippen molar-refractivity contribution in [3.63, 3.8) is 0 Å². The van der Waals surface area contributed by atoms with Gasteiger partial charge < -0.3 is 24.5 Å². The first-order valence-electron chi connectivity index (χ1n) is 12.0. The van der Waals surface area contributed by atoms with Gasteiger partial charge in [0.1, 0.15) is 0 Å². The normalized spacial score (nSPS) is 19.2. The first-order chi connectivity index (χ1) is 16.8. The first-order valence-corrected chi connectivity index (χ1v) is 12.0. The highest BCUT2D eigenvalue weighted by Crippen LogP contribution is 2.54. The quantitative estimate of drug-likeness (QED) is 0.129. The third-order valence-corrected chi connectivity index (χ3v) is 5.99. The van der Waals surface area contributed by atoms with E-state index in [0.717, 1.165) is 5.56 Å². The van der Waals surface area contributed by atoms with Crippen molar-refractivity contribution in [2.45, 2.75) is 58.7 Å². The Morgan fingerprint density at radius 2 is 1.77 bits per heavy atom. The minimum absolute atomic E-state index is 0.0186. The standard InChI is InChI=1S/C24H35N3O8/c1-4-26(5-2)23(29)22-19(21(22)18-12-8-6-9-13-18)16-25-24(30)35-17(3)34-20(28)14-10-7-11-15-33-27(31)32/h6,8-9,12-13,17,19,21-22H,4-5,7,10-11,14-16H2,1-3H3,(H,25,30)/t17?,19-,21?,22-/m0/s1. The summed E-state index contributed by atoms with van der Waals surface area (Å²) in [7, 11) is 0. The summed E-state index contributed by atoms with van der Waals surface area (Å²) in [6.07, 6.45) is -0.207. The number of hydrogen-bond donors (Lipinski definition) is 1. The molecule has 0 aliphatic heterocycles. The number of esters is 1. The molecule has 1 N–H and O–H groups in total. The van der Waals surface area contributed by atoms with Gasteiger partial charge >= 0.3 is 12.1 Å².